The Morgan fingerprint density at radius 2 is 1.08 bits per heavy atom. The highest BCUT2D eigenvalue weighted by atomic mass is 16.3. The summed E-state index contributed by atoms with van der Waals surface area (Å²) in [6.45, 7) is 0. The van der Waals surface area contributed by atoms with Crippen molar-refractivity contribution in [1.29, 1.82) is 0 Å². The Labute approximate surface area is 289 Å². The normalized spacial score (nSPS) is 11.7. The van der Waals surface area contributed by atoms with Crippen LogP contribution in [-0.2, 0) is 6.42 Å². The second-order valence-corrected chi connectivity index (χ2v) is 12.9. The van der Waals surface area contributed by atoms with Crippen LogP contribution in [0.25, 0.3) is 60.2 Å². The molecule has 0 atom stereocenters. The molecule has 2 heterocycles. The van der Waals surface area contributed by atoms with E-state index in [4.69, 9.17) is 4.42 Å². The number of para-hydroxylation sites is 5. The van der Waals surface area contributed by atoms with Gasteiger partial charge in [-0.1, -0.05) is 121 Å². The summed E-state index contributed by atoms with van der Waals surface area (Å²) in [4.78, 5) is 2.33. The maximum Gasteiger partial charge on any atom is 0.137 e. The smallest absolute Gasteiger partial charge is 0.137 e. The number of hydrogen-bond acceptors (Lipinski definition) is 2. The molecule has 0 radical (unpaired) electrons. The zero-order valence-corrected chi connectivity index (χ0v) is 27.3. The lowest BCUT2D eigenvalue weighted by molar-refractivity contribution is 0.669. The molecule has 0 aliphatic carbocycles. The van der Waals surface area contributed by atoms with E-state index in [1.165, 1.54) is 54.5 Å². The zero-order valence-electron chi connectivity index (χ0n) is 27.3. The lowest BCUT2D eigenvalue weighted by atomic mass is 9.95. The molecule has 236 valence electrons. The summed E-state index contributed by atoms with van der Waals surface area (Å²) >= 11 is 0. The number of rotatable bonds is 6. The molecule has 8 aromatic carbocycles. The molecule has 0 aliphatic heterocycles. The van der Waals surface area contributed by atoms with Gasteiger partial charge in [0.15, 0.2) is 0 Å². The molecule has 3 nitrogen and oxygen atoms in total. The van der Waals surface area contributed by atoms with Crippen LogP contribution in [-0.4, -0.2) is 4.57 Å². The van der Waals surface area contributed by atoms with Crippen molar-refractivity contribution in [3.05, 3.63) is 193 Å². The van der Waals surface area contributed by atoms with E-state index in [1.807, 2.05) is 0 Å². The van der Waals surface area contributed by atoms with Crippen LogP contribution in [0.4, 0.5) is 17.1 Å². The first-order valence-corrected chi connectivity index (χ1v) is 17.2. The number of hydrogen-bond donors (Lipinski definition) is 0. The first-order valence-electron chi connectivity index (χ1n) is 17.2. The second-order valence-electron chi connectivity index (χ2n) is 12.9. The third kappa shape index (κ3) is 4.52. The van der Waals surface area contributed by atoms with Gasteiger partial charge in [-0.15, -0.1) is 0 Å². The largest absolute Gasteiger partial charge is 0.456 e. The van der Waals surface area contributed by atoms with Gasteiger partial charge in [-0.3, -0.25) is 0 Å². The van der Waals surface area contributed by atoms with Gasteiger partial charge in [0.1, 0.15) is 11.2 Å². The van der Waals surface area contributed by atoms with Crippen molar-refractivity contribution < 1.29 is 4.42 Å². The molecule has 10 rings (SSSR count). The Morgan fingerprint density at radius 1 is 0.440 bits per heavy atom. The van der Waals surface area contributed by atoms with E-state index >= 15 is 0 Å². The minimum atomic E-state index is 0.722. The number of benzene rings is 8. The zero-order chi connectivity index (χ0) is 33.0. The highest BCUT2D eigenvalue weighted by Crippen LogP contribution is 2.44. The lowest BCUT2D eigenvalue weighted by Crippen LogP contribution is -2.10. The Kier molecular flexibility index (Phi) is 6.56. The number of aromatic nitrogens is 1. The van der Waals surface area contributed by atoms with Crippen LogP contribution in [0.2, 0.25) is 0 Å². The van der Waals surface area contributed by atoms with Gasteiger partial charge in [0.05, 0.1) is 16.7 Å². The van der Waals surface area contributed by atoms with E-state index in [0.717, 1.165) is 40.3 Å². The molecule has 0 saturated carbocycles. The molecular formula is C47H32N2O. The highest BCUT2D eigenvalue weighted by molar-refractivity contribution is 6.20. The number of anilines is 3. The molecule has 0 saturated heterocycles. The molecule has 0 unspecified atom stereocenters. The Balaban J connectivity index is 1.29. The standard InChI is InChI=1S/C47H32N2O/c1-4-17-35(18-5-1)48(36-19-6-2-7-20-36)38-30-34(45-44(31-38)50-43-28-27-32-15-10-11-23-39(32)46(43)45)29-33-16-14-25-41-40-24-12-13-26-42(40)49(47(33)41)37-21-8-3-9-22-37/h1-28,30-31H,29H2. The summed E-state index contributed by atoms with van der Waals surface area (Å²) in [7, 11) is 0. The van der Waals surface area contributed by atoms with Crippen molar-refractivity contribution >= 4 is 71.6 Å². The molecule has 50 heavy (non-hydrogen) atoms. The van der Waals surface area contributed by atoms with Gasteiger partial charge >= 0.3 is 0 Å². The van der Waals surface area contributed by atoms with Crippen molar-refractivity contribution in [2.45, 2.75) is 6.42 Å². The van der Waals surface area contributed by atoms with Gasteiger partial charge in [-0.05, 0) is 76.5 Å². The molecule has 0 N–H and O–H groups in total. The molecule has 10 aromatic rings. The van der Waals surface area contributed by atoms with Gasteiger partial charge < -0.3 is 13.9 Å². The van der Waals surface area contributed by atoms with Crippen molar-refractivity contribution in [2.75, 3.05) is 4.90 Å². The fourth-order valence-corrected chi connectivity index (χ4v) is 7.89. The SMILES string of the molecule is c1ccc(N(c2ccccc2)c2cc(Cc3cccc4c5ccccc5n(-c5ccccc5)c34)c3c(c2)oc2ccc4ccccc4c23)cc1. The fraction of sp³-hybridized carbons (Fsp3) is 0.0213. The third-order valence-electron chi connectivity index (χ3n) is 9.99. The first kappa shape index (κ1) is 28.4. The van der Waals surface area contributed by atoms with E-state index in [-0.39, 0.29) is 0 Å². The molecule has 3 heteroatoms. The van der Waals surface area contributed by atoms with Gasteiger partial charge in [0.25, 0.3) is 0 Å². The summed E-state index contributed by atoms with van der Waals surface area (Å²) in [5, 5.41) is 7.26. The maximum absolute atomic E-state index is 6.80. The van der Waals surface area contributed by atoms with Crippen LogP contribution in [0, 0.1) is 0 Å². The van der Waals surface area contributed by atoms with Crippen LogP contribution in [0.1, 0.15) is 11.1 Å². The van der Waals surface area contributed by atoms with Crippen LogP contribution >= 0.6 is 0 Å². The highest BCUT2D eigenvalue weighted by Gasteiger charge is 2.22. The average Bonchev–Trinajstić information content (AvgIpc) is 3.73. The number of furan rings is 1. The Hall–Kier alpha value is -6.58. The van der Waals surface area contributed by atoms with E-state index in [0.29, 0.717) is 0 Å². The first-order chi connectivity index (χ1) is 24.8. The molecule has 0 fully saturated rings. The van der Waals surface area contributed by atoms with Gasteiger partial charge in [-0.2, -0.15) is 0 Å². The molecule has 0 bridgehead atoms. The summed E-state index contributed by atoms with van der Waals surface area (Å²) < 4.78 is 9.23. The predicted octanol–water partition coefficient (Wildman–Crippen LogP) is 12.9. The lowest BCUT2D eigenvalue weighted by Gasteiger charge is -2.26. The van der Waals surface area contributed by atoms with Crippen molar-refractivity contribution in [3.8, 4) is 5.69 Å². The maximum atomic E-state index is 6.80. The minimum Gasteiger partial charge on any atom is -0.456 e. The van der Waals surface area contributed by atoms with Gasteiger partial charge in [-0.25, -0.2) is 0 Å². The van der Waals surface area contributed by atoms with Crippen molar-refractivity contribution in [3.63, 3.8) is 0 Å². The van der Waals surface area contributed by atoms with Gasteiger partial charge in [0, 0.05) is 51.1 Å². The summed E-state index contributed by atoms with van der Waals surface area (Å²) in [5.74, 6) is 0. The molecule has 0 spiro atoms. The van der Waals surface area contributed by atoms with Crippen LogP contribution in [0.3, 0.4) is 0 Å². The van der Waals surface area contributed by atoms with E-state index in [9.17, 15) is 0 Å². The summed E-state index contributed by atoms with van der Waals surface area (Å²) in [6, 6.07) is 65.0. The predicted molar refractivity (Wildman–Crippen MR) is 209 cm³/mol. The third-order valence-corrected chi connectivity index (χ3v) is 9.99. The van der Waals surface area contributed by atoms with E-state index in [2.05, 4.69) is 191 Å². The minimum absolute atomic E-state index is 0.722. The number of nitrogens with zero attached hydrogens (tertiary/aromatic N) is 2. The quantitative estimate of drug-likeness (QED) is 0.180. The number of fused-ring (bicyclic) bond motifs is 8. The Morgan fingerprint density at radius 3 is 1.84 bits per heavy atom. The van der Waals surface area contributed by atoms with Crippen LogP contribution < -0.4 is 4.90 Å². The fourth-order valence-electron chi connectivity index (χ4n) is 7.89. The summed E-state index contributed by atoms with van der Waals surface area (Å²) in [6.07, 6.45) is 0.722. The second kappa shape index (κ2) is 11.5. The monoisotopic (exact) mass is 640 g/mol. The van der Waals surface area contributed by atoms with E-state index in [1.54, 1.807) is 0 Å². The average molecular weight is 641 g/mol. The molecule has 0 aliphatic rings. The van der Waals surface area contributed by atoms with Crippen LogP contribution in [0.15, 0.2) is 186 Å². The van der Waals surface area contributed by atoms with Gasteiger partial charge in [0.2, 0.25) is 0 Å². The Bertz CT molecular complexity index is 2790. The summed E-state index contributed by atoms with van der Waals surface area (Å²) in [5.41, 5.74) is 11.1. The molecule has 0 amide bonds. The molecule has 2 aromatic heterocycles. The topological polar surface area (TPSA) is 21.3 Å². The molecular weight excluding hydrogens is 609 g/mol. The van der Waals surface area contributed by atoms with E-state index < -0.39 is 0 Å². The van der Waals surface area contributed by atoms with Crippen LogP contribution in [0.5, 0.6) is 0 Å². The van der Waals surface area contributed by atoms with Crippen molar-refractivity contribution in [2.24, 2.45) is 0 Å². The van der Waals surface area contributed by atoms with Crippen molar-refractivity contribution in [1.82, 2.24) is 4.57 Å².